The van der Waals surface area contributed by atoms with Crippen molar-refractivity contribution >= 4 is 36.5 Å². The van der Waals surface area contributed by atoms with Crippen LogP contribution in [0.4, 0.5) is 18.9 Å². The van der Waals surface area contributed by atoms with Crippen LogP contribution in [0, 0.1) is 0 Å². The number of nitrogens with zero attached hydrogens (tertiary/aromatic N) is 1. The second kappa shape index (κ2) is 8.41. The third-order valence-corrected chi connectivity index (χ3v) is 7.08. The summed E-state index contributed by atoms with van der Waals surface area (Å²) in [4.78, 5) is 1.40. The molecule has 0 aromatic heterocycles. The van der Waals surface area contributed by atoms with Crippen molar-refractivity contribution in [2.75, 3.05) is 18.0 Å². The molecule has 0 aliphatic carbocycles. The number of sulfonamides is 2. The zero-order valence-electron chi connectivity index (χ0n) is 14.9. The van der Waals surface area contributed by atoms with Crippen LogP contribution in [0.3, 0.4) is 0 Å². The second-order valence-corrected chi connectivity index (χ2v) is 8.92. The fraction of sp³-hybridized carbons (Fsp3) is 0.333. The number of anilines is 1. The van der Waals surface area contributed by atoms with Gasteiger partial charge in [-0.15, -0.1) is 0 Å². The summed E-state index contributed by atoms with van der Waals surface area (Å²) >= 11 is 0. The molecule has 0 amide bonds. The molecule has 1 N–H and O–H groups in total. The first-order valence-electron chi connectivity index (χ1n) is 7.56. The largest absolute Gasteiger partial charge is 1.00 e. The van der Waals surface area contributed by atoms with Crippen molar-refractivity contribution in [3.8, 4) is 0 Å². The van der Waals surface area contributed by atoms with E-state index in [9.17, 15) is 30.0 Å². The zero-order valence-corrected chi connectivity index (χ0v) is 16.5. The van der Waals surface area contributed by atoms with Gasteiger partial charge in [0.1, 0.15) is 0 Å². The number of hydrogen-bond donors (Lipinski definition) is 1. The Morgan fingerprint density at radius 1 is 0.926 bits per heavy atom. The molecule has 0 fully saturated rings. The number of nitrogens with one attached hydrogen (secondary N) is 1. The maximum atomic E-state index is 12.5. The summed E-state index contributed by atoms with van der Waals surface area (Å²) in [6.45, 7) is 5.07. The van der Waals surface area contributed by atoms with E-state index in [-0.39, 0.29) is 24.2 Å². The predicted octanol–water partition coefficient (Wildman–Crippen LogP) is -0.182. The predicted molar refractivity (Wildman–Crippen MR) is 92.8 cm³/mol. The molecule has 27 heavy (non-hydrogen) atoms. The van der Waals surface area contributed by atoms with E-state index in [0.717, 1.165) is 10.2 Å². The Kier molecular flexibility index (Phi) is 7.40. The van der Waals surface area contributed by atoms with Crippen LogP contribution in [0.15, 0.2) is 41.3 Å². The van der Waals surface area contributed by atoms with Crippen LogP contribution >= 0.6 is 0 Å². The van der Waals surface area contributed by atoms with E-state index in [1.807, 2.05) is 18.7 Å². The topological polar surface area (TPSA) is 83.6 Å². The molecule has 0 saturated heterocycles. The van der Waals surface area contributed by atoms with Gasteiger partial charge < -0.3 is 4.90 Å². The molecule has 144 valence electrons. The number of alkyl halides is 3. The third-order valence-electron chi connectivity index (χ3n) is 3.78. The van der Waals surface area contributed by atoms with Crippen molar-refractivity contribution in [2.45, 2.75) is 24.3 Å². The number of rotatable bonds is 6. The van der Waals surface area contributed by atoms with Gasteiger partial charge in [0.25, 0.3) is 10.0 Å². The Bertz CT molecular complexity index is 1020. The third kappa shape index (κ3) is 4.78. The molecular weight excluding hydrogens is 400 g/mol. The number of fused-ring (bicyclic) bond motifs is 1. The summed E-state index contributed by atoms with van der Waals surface area (Å²) < 4.78 is 85.5. The van der Waals surface area contributed by atoms with Gasteiger partial charge in [-0.3, -0.25) is 0 Å². The molecule has 0 atom stereocenters. The van der Waals surface area contributed by atoms with Gasteiger partial charge in [0.2, 0.25) is 0 Å². The summed E-state index contributed by atoms with van der Waals surface area (Å²) in [5, 5.41) is 0.616. The van der Waals surface area contributed by atoms with Crippen molar-refractivity contribution in [3.63, 3.8) is 0 Å². The maximum Gasteiger partial charge on any atom is 1.00 e. The molecule has 0 heterocycles. The van der Waals surface area contributed by atoms with E-state index in [1.165, 1.54) is 18.2 Å². The van der Waals surface area contributed by atoms with E-state index in [0.29, 0.717) is 24.2 Å². The van der Waals surface area contributed by atoms with Gasteiger partial charge in [0.15, 0.2) is 0 Å². The molecule has 2 aromatic carbocycles. The van der Waals surface area contributed by atoms with Crippen LogP contribution in [0.25, 0.3) is 10.8 Å². The van der Waals surface area contributed by atoms with Crippen molar-refractivity contribution in [2.24, 2.45) is 0 Å². The summed E-state index contributed by atoms with van der Waals surface area (Å²) in [5.41, 5.74) is -5.04. The Morgan fingerprint density at radius 3 is 1.93 bits per heavy atom. The van der Waals surface area contributed by atoms with Crippen molar-refractivity contribution in [1.82, 2.24) is 4.13 Å². The summed E-state index contributed by atoms with van der Waals surface area (Å²) in [6.07, 6.45) is 0. The quantitative estimate of drug-likeness (QED) is 0.660. The van der Waals surface area contributed by atoms with Crippen molar-refractivity contribution < 1.29 is 48.9 Å². The Morgan fingerprint density at radius 2 is 1.44 bits per heavy atom. The van der Waals surface area contributed by atoms with E-state index in [4.69, 9.17) is 0 Å². The van der Waals surface area contributed by atoms with Crippen LogP contribution in [0.5, 0.6) is 0 Å². The van der Waals surface area contributed by atoms with Gasteiger partial charge in [-0.2, -0.15) is 13.2 Å². The molecule has 0 radical (unpaired) electrons. The summed E-state index contributed by atoms with van der Waals surface area (Å²) in [5.74, 6) is 0. The Labute approximate surface area is 168 Å². The van der Waals surface area contributed by atoms with Gasteiger partial charge >= 0.3 is 34.4 Å². The van der Waals surface area contributed by atoms with E-state index in [1.54, 1.807) is 12.1 Å². The summed E-state index contributed by atoms with van der Waals surface area (Å²) in [7, 11) is -11.0. The Hall–Kier alpha value is -1.25. The molecule has 0 aliphatic heterocycles. The van der Waals surface area contributed by atoms with E-state index >= 15 is 0 Å². The molecule has 0 aliphatic rings. The van der Waals surface area contributed by atoms with Gasteiger partial charge in [-0.05, 0) is 26.0 Å². The SMILES string of the molecule is CCN(CC)c1ccc(S(=O)(=O)NS(=O)(=O)C(F)(F)F)c2ccccc12.[Li+]. The normalized spacial score (nSPS) is 12.6. The van der Waals surface area contributed by atoms with Gasteiger partial charge in [0, 0.05) is 29.5 Å². The first-order valence-corrected chi connectivity index (χ1v) is 10.5. The maximum absolute atomic E-state index is 12.5. The fourth-order valence-electron chi connectivity index (χ4n) is 2.57. The molecule has 12 heteroatoms. The Balaban J connectivity index is 0.00000364. The van der Waals surface area contributed by atoms with E-state index in [2.05, 4.69) is 0 Å². The van der Waals surface area contributed by atoms with Crippen molar-refractivity contribution in [3.05, 3.63) is 36.4 Å². The second-order valence-electron chi connectivity index (χ2n) is 5.34. The monoisotopic (exact) mass is 417 g/mol. The molecule has 2 rings (SSSR count). The average Bonchev–Trinajstić information content (AvgIpc) is 2.53. The van der Waals surface area contributed by atoms with Crippen molar-refractivity contribution in [1.29, 1.82) is 0 Å². The molecule has 0 bridgehead atoms. The van der Waals surface area contributed by atoms with Crippen LogP contribution < -0.4 is 27.9 Å². The number of benzene rings is 2. The summed E-state index contributed by atoms with van der Waals surface area (Å²) in [6, 6.07) is 8.77. The van der Waals surface area contributed by atoms with E-state index < -0.39 is 30.5 Å². The molecule has 0 unspecified atom stereocenters. The average molecular weight is 417 g/mol. The smallest absolute Gasteiger partial charge is 0.372 e. The molecule has 0 spiro atoms. The zero-order chi connectivity index (χ0) is 19.8. The fourth-order valence-corrected chi connectivity index (χ4v) is 5.17. The van der Waals surface area contributed by atoms with Crippen LogP contribution in [0.2, 0.25) is 0 Å². The van der Waals surface area contributed by atoms with Crippen LogP contribution in [-0.2, 0) is 20.0 Å². The van der Waals surface area contributed by atoms with Gasteiger partial charge in [-0.25, -0.2) is 16.8 Å². The molecule has 0 saturated carbocycles. The number of hydrogen-bond acceptors (Lipinski definition) is 5. The van der Waals surface area contributed by atoms with Gasteiger partial charge in [0.05, 0.1) is 4.90 Å². The first kappa shape index (κ1) is 23.8. The molecule has 2 aromatic rings. The van der Waals surface area contributed by atoms with Gasteiger partial charge in [-0.1, -0.05) is 28.4 Å². The van der Waals surface area contributed by atoms with Crippen LogP contribution in [-0.4, -0.2) is 35.4 Å². The minimum absolute atomic E-state index is 0. The minimum atomic E-state index is -6.06. The standard InChI is InChI=1S/C15H17F3N2O4S2.Li/c1-3-20(4-2)13-9-10-14(12-8-6-5-7-11(12)13)25(21,22)19-26(23,24)15(16,17)18;/h5-10,19H,3-4H2,1-2H3;/q;+1. The number of halogens is 3. The minimum Gasteiger partial charge on any atom is -0.372 e. The van der Waals surface area contributed by atoms with Crippen LogP contribution in [0.1, 0.15) is 13.8 Å². The molecular formula is C15H17F3LiN2O4S2+. The molecule has 6 nitrogen and oxygen atoms in total. The first-order chi connectivity index (χ1) is 11.9.